The molecule has 0 fully saturated rings. The van der Waals surface area contributed by atoms with Gasteiger partial charge in [-0.05, 0) is 31.6 Å². The second kappa shape index (κ2) is 8.11. The maximum Gasteiger partial charge on any atom is 0.0183 e. The van der Waals surface area contributed by atoms with E-state index in [2.05, 4.69) is 46.9 Å². The molecule has 0 amide bonds. The van der Waals surface area contributed by atoms with Crippen molar-refractivity contribution in [2.24, 2.45) is 5.92 Å². The Morgan fingerprint density at radius 3 is 1.69 bits per heavy atom. The third-order valence-electron chi connectivity index (χ3n) is 3.25. The molecule has 0 rings (SSSR count). The number of nitrogens with one attached hydrogen (secondary N) is 1. The van der Waals surface area contributed by atoms with E-state index in [-0.39, 0.29) is 0 Å². The molecule has 0 radical (unpaired) electrons. The summed E-state index contributed by atoms with van der Waals surface area (Å²) in [5.41, 5.74) is 0.405. The van der Waals surface area contributed by atoms with Crippen LogP contribution >= 0.6 is 0 Å². The van der Waals surface area contributed by atoms with E-state index in [4.69, 9.17) is 0 Å². The minimum absolute atomic E-state index is 0.405. The van der Waals surface area contributed by atoms with Gasteiger partial charge in [0.2, 0.25) is 0 Å². The van der Waals surface area contributed by atoms with Crippen molar-refractivity contribution in [2.75, 3.05) is 0 Å². The highest BCUT2D eigenvalue weighted by molar-refractivity contribution is 4.88. The highest BCUT2D eigenvalue weighted by Gasteiger charge is 2.28. The lowest BCUT2D eigenvalue weighted by Gasteiger charge is -2.37. The Hall–Kier alpha value is -0.0400. The van der Waals surface area contributed by atoms with Gasteiger partial charge in [-0.2, -0.15) is 0 Å². The van der Waals surface area contributed by atoms with Gasteiger partial charge < -0.3 is 5.32 Å². The fourth-order valence-electron chi connectivity index (χ4n) is 2.73. The normalized spacial score (nSPS) is 12.8. The Kier molecular flexibility index (Phi) is 8.09. The van der Waals surface area contributed by atoms with Crippen LogP contribution in [0.15, 0.2) is 0 Å². The first-order valence-corrected chi connectivity index (χ1v) is 7.23. The molecule has 98 valence electrons. The molecule has 1 N–H and O–H groups in total. The summed E-state index contributed by atoms with van der Waals surface area (Å²) in [5, 5.41) is 3.85. The van der Waals surface area contributed by atoms with Crippen LogP contribution in [-0.4, -0.2) is 11.6 Å². The highest BCUT2D eigenvalue weighted by atomic mass is 15.0. The lowest BCUT2D eigenvalue weighted by atomic mass is 9.82. The van der Waals surface area contributed by atoms with Gasteiger partial charge in [-0.15, -0.1) is 0 Å². The van der Waals surface area contributed by atoms with Gasteiger partial charge in [0.25, 0.3) is 0 Å². The molecule has 0 aliphatic carbocycles. The van der Waals surface area contributed by atoms with Gasteiger partial charge in [-0.1, -0.05) is 54.4 Å². The molecule has 0 aromatic rings. The zero-order chi connectivity index (χ0) is 12.6. The Bertz CT molecular complexity index is 155. The van der Waals surface area contributed by atoms with Gasteiger partial charge in [-0.25, -0.2) is 0 Å². The molecule has 0 spiro atoms. The van der Waals surface area contributed by atoms with Crippen molar-refractivity contribution in [3.05, 3.63) is 0 Å². The average Bonchev–Trinajstić information content (AvgIpc) is 2.14. The van der Waals surface area contributed by atoms with Crippen LogP contribution in [0.3, 0.4) is 0 Å². The summed E-state index contributed by atoms with van der Waals surface area (Å²) >= 11 is 0. The van der Waals surface area contributed by atoms with Crippen LogP contribution in [0.4, 0.5) is 0 Å². The van der Waals surface area contributed by atoms with Crippen LogP contribution in [0.25, 0.3) is 0 Å². The molecule has 0 unspecified atom stereocenters. The molecule has 1 nitrogen and oxygen atoms in total. The maximum absolute atomic E-state index is 3.85. The van der Waals surface area contributed by atoms with Crippen molar-refractivity contribution in [3.8, 4) is 0 Å². The van der Waals surface area contributed by atoms with E-state index in [1.165, 1.54) is 38.5 Å². The summed E-state index contributed by atoms with van der Waals surface area (Å²) in [4.78, 5) is 0. The summed E-state index contributed by atoms with van der Waals surface area (Å²) in [7, 11) is 0. The summed E-state index contributed by atoms with van der Waals surface area (Å²) in [6.45, 7) is 13.8. The maximum atomic E-state index is 3.85. The topological polar surface area (TPSA) is 12.0 Å². The van der Waals surface area contributed by atoms with E-state index in [0.717, 1.165) is 5.92 Å². The molecule has 0 saturated heterocycles. The minimum atomic E-state index is 0.405. The van der Waals surface area contributed by atoms with Gasteiger partial charge in [0.1, 0.15) is 0 Å². The van der Waals surface area contributed by atoms with Gasteiger partial charge >= 0.3 is 0 Å². The van der Waals surface area contributed by atoms with Crippen LogP contribution in [0.5, 0.6) is 0 Å². The minimum Gasteiger partial charge on any atom is -0.309 e. The lowest BCUT2D eigenvalue weighted by molar-refractivity contribution is 0.223. The first-order chi connectivity index (χ1) is 7.45. The molecule has 0 aromatic heterocycles. The van der Waals surface area contributed by atoms with Crippen LogP contribution in [0.1, 0.15) is 80.1 Å². The van der Waals surface area contributed by atoms with Crippen LogP contribution < -0.4 is 5.32 Å². The summed E-state index contributed by atoms with van der Waals surface area (Å²) in [6, 6.07) is 0.602. The number of rotatable bonds is 9. The third kappa shape index (κ3) is 6.52. The second-order valence-corrected chi connectivity index (χ2v) is 6.01. The van der Waals surface area contributed by atoms with Crippen LogP contribution in [-0.2, 0) is 0 Å². The van der Waals surface area contributed by atoms with E-state index >= 15 is 0 Å². The van der Waals surface area contributed by atoms with Crippen LogP contribution in [0, 0.1) is 5.92 Å². The molecule has 0 aliphatic rings. The molecular weight excluding hydrogens is 194 g/mol. The average molecular weight is 227 g/mol. The van der Waals surface area contributed by atoms with Gasteiger partial charge in [-0.3, -0.25) is 0 Å². The highest BCUT2D eigenvalue weighted by Crippen LogP contribution is 2.27. The molecule has 0 aromatic carbocycles. The van der Waals surface area contributed by atoms with E-state index in [1.807, 2.05) is 0 Å². The molecule has 16 heavy (non-hydrogen) atoms. The Morgan fingerprint density at radius 1 is 0.875 bits per heavy atom. The first kappa shape index (κ1) is 16.0. The zero-order valence-corrected chi connectivity index (χ0v) is 12.4. The summed E-state index contributed by atoms with van der Waals surface area (Å²) in [6.07, 6.45) is 7.91. The number of hydrogen-bond acceptors (Lipinski definition) is 1. The Labute approximate surface area is 103 Å². The summed E-state index contributed by atoms with van der Waals surface area (Å²) in [5.74, 6) is 0.821. The molecular formula is C15H33N. The molecule has 0 atom stereocenters. The SMILES string of the molecule is CCCC(CCC)(CCC(C)C)NC(C)C. The zero-order valence-electron chi connectivity index (χ0n) is 12.4. The monoisotopic (exact) mass is 227 g/mol. The predicted octanol–water partition coefficient (Wildman–Crippen LogP) is 4.76. The second-order valence-electron chi connectivity index (χ2n) is 6.01. The van der Waals surface area contributed by atoms with E-state index in [0.29, 0.717) is 11.6 Å². The van der Waals surface area contributed by atoms with E-state index < -0.39 is 0 Å². The van der Waals surface area contributed by atoms with Gasteiger partial charge in [0.15, 0.2) is 0 Å². The Balaban J connectivity index is 4.49. The molecule has 0 heterocycles. The molecule has 0 bridgehead atoms. The molecule has 0 aliphatic heterocycles. The van der Waals surface area contributed by atoms with Crippen molar-refractivity contribution in [1.29, 1.82) is 0 Å². The van der Waals surface area contributed by atoms with Crippen molar-refractivity contribution in [1.82, 2.24) is 5.32 Å². The predicted molar refractivity (Wildman–Crippen MR) is 74.9 cm³/mol. The van der Waals surface area contributed by atoms with Crippen molar-refractivity contribution in [2.45, 2.75) is 91.6 Å². The Morgan fingerprint density at radius 2 is 1.38 bits per heavy atom. The van der Waals surface area contributed by atoms with Gasteiger partial charge in [0.05, 0.1) is 0 Å². The van der Waals surface area contributed by atoms with Crippen molar-refractivity contribution in [3.63, 3.8) is 0 Å². The van der Waals surface area contributed by atoms with Gasteiger partial charge in [0, 0.05) is 11.6 Å². The molecule has 1 heteroatoms. The smallest absolute Gasteiger partial charge is 0.0183 e. The standard InChI is InChI=1S/C15H33N/c1-7-10-15(11-8-2,16-14(5)6)12-9-13(3)4/h13-14,16H,7-12H2,1-6H3. The largest absolute Gasteiger partial charge is 0.309 e. The van der Waals surface area contributed by atoms with Crippen molar-refractivity contribution >= 4 is 0 Å². The van der Waals surface area contributed by atoms with E-state index in [1.54, 1.807) is 0 Å². The van der Waals surface area contributed by atoms with E-state index in [9.17, 15) is 0 Å². The fourth-order valence-corrected chi connectivity index (χ4v) is 2.73. The summed E-state index contributed by atoms with van der Waals surface area (Å²) < 4.78 is 0. The third-order valence-corrected chi connectivity index (χ3v) is 3.25. The fraction of sp³-hybridized carbons (Fsp3) is 1.00. The quantitative estimate of drug-likeness (QED) is 0.599. The molecule has 0 saturated carbocycles. The van der Waals surface area contributed by atoms with Crippen LogP contribution in [0.2, 0.25) is 0 Å². The van der Waals surface area contributed by atoms with Crippen molar-refractivity contribution < 1.29 is 0 Å². The number of hydrogen-bond donors (Lipinski definition) is 1. The lowest BCUT2D eigenvalue weighted by Crippen LogP contribution is -2.48. The first-order valence-electron chi connectivity index (χ1n) is 7.23.